The van der Waals surface area contributed by atoms with Crippen LogP contribution in [0.4, 0.5) is 17.3 Å². The molecule has 0 unspecified atom stereocenters. The van der Waals surface area contributed by atoms with Crippen LogP contribution in [0, 0.1) is 6.92 Å². The average Bonchev–Trinajstić information content (AvgIpc) is 2.94. The highest BCUT2D eigenvalue weighted by molar-refractivity contribution is 6.08. The molecule has 37 heavy (non-hydrogen) atoms. The maximum atomic E-state index is 13.1. The van der Waals surface area contributed by atoms with Crippen LogP contribution in [0.1, 0.15) is 26.3 Å². The first-order valence-corrected chi connectivity index (χ1v) is 11.6. The molecule has 0 atom stereocenters. The zero-order chi connectivity index (χ0) is 25.8. The molecule has 3 aromatic carbocycles. The minimum Gasteiger partial charge on any atom is -0.324 e. The number of carbonyl (C=O) groups excluding carboxylic acids is 2. The number of benzene rings is 3. The molecular formula is C30H23N5O2. The highest BCUT2D eigenvalue weighted by Crippen LogP contribution is 2.24. The predicted molar refractivity (Wildman–Crippen MR) is 146 cm³/mol. The van der Waals surface area contributed by atoms with Crippen molar-refractivity contribution in [1.29, 1.82) is 0 Å². The summed E-state index contributed by atoms with van der Waals surface area (Å²) < 4.78 is 0. The molecule has 7 heteroatoms. The molecule has 0 radical (unpaired) electrons. The van der Waals surface area contributed by atoms with Gasteiger partial charge in [0.25, 0.3) is 5.91 Å². The van der Waals surface area contributed by atoms with Gasteiger partial charge in [0, 0.05) is 46.7 Å². The SMILES string of the molecule is C=CC(=O)c1ccc2cc(NC(=O)c3ccc(C)c(Nc4nccc(-c5cccnc5)n4)c3)ccc2c1. The molecule has 0 bridgehead atoms. The number of rotatable bonds is 7. The lowest BCUT2D eigenvalue weighted by Gasteiger charge is -2.12. The van der Waals surface area contributed by atoms with E-state index in [1.165, 1.54) is 6.08 Å². The standard InChI is InChI=1S/C30H23N5O2/c1-3-28(36)22-9-8-21-16-25(11-10-20(21)15-22)33-29(37)23-7-6-19(2)27(17-23)35-30-32-14-12-26(34-30)24-5-4-13-31-18-24/h3-18H,1H2,2H3,(H,33,37)(H,32,34,35). The van der Waals surface area contributed by atoms with Gasteiger partial charge in [-0.3, -0.25) is 14.6 Å². The molecule has 0 spiro atoms. The minimum absolute atomic E-state index is 0.128. The largest absolute Gasteiger partial charge is 0.324 e. The third-order valence-electron chi connectivity index (χ3n) is 5.93. The van der Waals surface area contributed by atoms with Gasteiger partial charge in [-0.25, -0.2) is 9.97 Å². The second-order valence-corrected chi connectivity index (χ2v) is 8.46. The maximum absolute atomic E-state index is 13.1. The molecule has 0 saturated carbocycles. The van der Waals surface area contributed by atoms with E-state index < -0.39 is 0 Å². The molecule has 180 valence electrons. The number of nitrogens with zero attached hydrogens (tertiary/aromatic N) is 3. The van der Waals surface area contributed by atoms with Crippen molar-refractivity contribution in [3.05, 3.63) is 121 Å². The van der Waals surface area contributed by atoms with Crippen molar-refractivity contribution in [3.8, 4) is 11.3 Å². The van der Waals surface area contributed by atoms with Crippen molar-refractivity contribution >= 4 is 39.8 Å². The number of allylic oxidation sites excluding steroid dienone is 1. The summed E-state index contributed by atoms with van der Waals surface area (Å²) in [6.07, 6.45) is 6.43. The molecule has 5 rings (SSSR count). The number of pyridine rings is 1. The lowest BCUT2D eigenvalue weighted by atomic mass is 10.0. The molecule has 0 fully saturated rings. The third-order valence-corrected chi connectivity index (χ3v) is 5.93. The Bertz CT molecular complexity index is 1650. The summed E-state index contributed by atoms with van der Waals surface area (Å²) in [5, 5.41) is 8.00. The molecule has 2 N–H and O–H groups in total. The maximum Gasteiger partial charge on any atom is 0.255 e. The summed E-state index contributed by atoms with van der Waals surface area (Å²) in [5.74, 6) is 0.0500. The summed E-state index contributed by atoms with van der Waals surface area (Å²) >= 11 is 0. The number of anilines is 3. The fourth-order valence-electron chi connectivity index (χ4n) is 3.91. The fourth-order valence-corrected chi connectivity index (χ4v) is 3.91. The van der Waals surface area contributed by atoms with E-state index in [1.54, 1.807) is 36.8 Å². The van der Waals surface area contributed by atoms with Crippen LogP contribution in [0.5, 0.6) is 0 Å². The van der Waals surface area contributed by atoms with Gasteiger partial charge in [-0.1, -0.05) is 30.8 Å². The van der Waals surface area contributed by atoms with Crippen LogP contribution in [0.15, 0.2) is 104 Å². The first kappa shape index (κ1) is 23.6. The lowest BCUT2D eigenvalue weighted by Crippen LogP contribution is -2.12. The van der Waals surface area contributed by atoms with Gasteiger partial charge in [0.05, 0.1) is 5.69 Å². The van der Waals surface area contributed by atoms with E-state index >= 15 is 0 Å². The van der Waals surface area contributed by atoms with Gasteiger partial charge >= 0.3 is 0 Å². The predicted octanol–water partition coefficient (Wildman–Crippen LogP) is 6.36. The van der Waals surface area contributed by atoms with E-state index in [4.69, 9.17) is 0 Å². The molecule has 7 nitrogen and oxygen atoms in total. The second-order valence-electron chi connectivity index (χ2n) is 8.46. The molecule has 0 saturated heterocycles. The lowest BCUT2D eigenvalue weighted by molar-refractivity contribution is 0.102. The molecule has 1 amide bonds. The van der Waals surface area contributed by atoms with E-state index in [2.05, 4.69) is 32.2 Å². The van der Waals surface area contributed by atoms with Crippen molar-refractivity contribution in [3.63, 3.8) is 0 Å². The Morgan fingerprint density at radius 2 is 1.70 bits per heavy atom. The Morgan fingerprint density at radius 1 is 0.892 bits per heavy atom. The van der Waals surface area contributed by atoms with E-state index in [0.717, 1.165) is 33.3 Å². The highest BCUT2D eigenvalue weighted by Gasteiger charge is 2.11. The van der Waals surface area contributed by atoms with Gasteiger partial charge in [-0.15, -0.1) is 0 Å². The van der Waals surface area contributed by atoms with Crippen LogP contribution < -0.4 is 10.6 Å². The summed E-state index contributed by atoms with van der Waals surface area (Å²) in [6, 6.07) is 22.0. The zero-order valence-electron chi connectivity index (χ0n) is 20.1. The Balaban J connectivity index is 1.35. The first-order chi connectivity index (χ1) is 18.0. The Hall–Kier alpha value is -5.17. The summed E-state index contributed by atoms with van der Waals surface area (Å²) in [4.78, 5) is 38.0. The average molecular weight is 486 g/mol. The summed E-state index contributed by atoms with van der Waals surface area (Å²) in [7, 11) is 0. The molecule has 2 aromatic heterocycles. The van der Waals surface area contributed by atoms with Gasteiger partial charge in [0.15, 0.2) is 5.78 Å². The van der Waals surface area contributed by atoms with E-state index in [1.807, 2.05) is 61.5 Å². The van der Waals surface area contributed by atoms with Crippen LogP contribution in [0.3, 0.4) is 0 Å². The minimum atomic E-state index is -0.245. The van der Waals surface area contributed by atoms with Crippen molar-refractivity contribution in [2.75, 3.05) is 10.6 Å². The van der Waals surface area contributed by atoms with Crippen molar-refractivity contribution in [2.24, 2.45) is 0 Å². The van der Waals surface area contributed by atoms with Gasteiger partial charge in [-0.2, -0.15) is 0 Å². The van der Waals surface area contributed by atoms with E-state index in [9.17, 15) is 9.59 Å². The van der Waals surface area contributed by atoms with Gasteiger partial charge in [0.2, 0.25) is 5.95 Å². The number of ketones is 1. The quantitative estimate of drug-likeness (QED) is 0.206. The Morgan fingerprint density at radius 3 is 2.51 bits per heavy atom. The zero-order valence-corrected chi connectivity index (χ0v) is 20.1. The number of nitrogens with one attached hydrogen (secondary N) is 2. The van der Waals surface area contributed by atoms with Crippen LogP contribution in [-0.2, 0) is 0 Å². The van der Waals surface area contributed by atoms with Gasteiger partial charge in [0.1, 0.15) is 0 Å². The van der Waals surface area contributed by atoms with Crippen molar-refractivity contribution < 1.29 is 9.59 Å². The van der Waals surface area contributed by atoms with E-state index in [-0.39, 0.29) is 11.7 Å². The number of fused-ring (bicyclic) bond motifs is 1. The molecule has 0 aliphatic rings. The monoisotopic (exact) mass is 485 g/mol. The highest BCUT2D eigenvalue weighted by atomic mass is 16.1. The van der Waals surface area contributed by atoms with Crippen LogP contribution in [0.2, 0.25) is 0 Å². The van der Waals surface area contributed by atoms with E-state index in [0.29, 0.717) is 22.8 Å². The first-order valence-electron chi connectivity index (χ1n) is 11.6. The summed E-state index contributed by atoms with van der Waals surface area (Å²) in [6.45, 7) is 5.48. The van der Waals surface area contributed by atoms with Gasteiger partial charge < -0.3 is 10.6 Å². The van der Waals surface area contributed by atoms with Crippen LogP contribution in [0.25, 0.3) is 22.0 Å². The third kappa shape index (κ3) is 5.26. The molecule has 2 heterocycles. The number of aryl methyl sites for hydroxylation is 1. The van der Waals surface area contributed by atoms with Crippen LogP contribution in [-0.4, -0.2) is 26.6 Å². The smallest absolute Gasteiger partial charge is 0.255 e. The van der Waals surface area contributed by atoms with Crippen molar-refractivity contribution in [2.45, 2.75) is 6.92 Å². The number of carbonyl (C=O) groups is 2. The Labute approximate surface area is 214 Å². The number of hydrogen-bond acceptors (Lipinski definition) is 6. The second kappa shape index (κ2) is 10.2. The van der Waals surface area contributed by atoms with Gasteiger partial charge in [-0.05, 0) is 77.9 Å². The molecule has 0 aliphatic heterocycles. The number of amides is 1. The topological polar surface area (TPSA) is 96.9 Å². The Kier molecular flexibility index (Phi) is 6.50. The van der Waals surface area contributed by atoms with Crippen molar-refractivity contribution in [1.82, 2.24) is 15.0 Å². The number of aromatic nitrogens is 3. The molecule has 5 aromatic rings. The molecule has 0 aliphatic carbocycles. The molecular weight excluding hydrogens is 462 g/mol. The fraction of sp³-hybridized carbons (Fsp3) is 0.0333. The summed E-state index contributed by atoms with van der Waals surface area (Å²) in [5.41, 5.74) is 5.03. The normalized spacial score (nSPS) is 10.6. The number of hydrogen-bond donors (Lipinski definition) is 2. The van der Waals surface area contributed by atoms with Crippen LogP contribution >= 0.6 is 0 Å².